The molecule has 0 radical (unpaired) electrons. The van der Waals surface area contributed by atoms with E-state index in [1.54, 1.807) is 0 Å². The van der Waals surface area contributed by atoms with Crippen molar-refractivity contribution in [1.29, 1.82) is 0 Å². The van der Waals surface area contributed by atoms with E-state index in [-0.39, 0.29) is 11.4 Å². The Hall–Kier alpha value is -3.21. The molecule has 3 aromatic rings. The van der Waals surface area contributed by atoms with Crippen LogP contribution in [0.2, 0.25) is 0 Å². The number of aldehydes is 1. The third kappa shape index (κ3) is 3.83. The molecule has 1 heterocycles. The summed E-state index contributed by atoms with van der Waals surface area (Å²) in [6, 6.07) is 20.1. The van der Waals surface area contributed by atoms with Crippen LogP contribution >= 0.6 is 0 Å². The van der Waals surface area contributed by atoms with Gasteiger partial charge in [-0.25, -0.2) is 13.8 Å². The highest BCUT2D eigenvalue weighted by Crippen LogP contribution is 2.26. The number of alkyl halides is 2. The third-order valence-corrected chi connectivity index (χ3v) is 3.62. The molecule has 0 saturated carbocycles. The monoisotopic (exact) mass is 336 g/mol. The summed E-state index contributed by atoms with van der Waals surface area (Å²) in [7, 11) is 0. The van der Waals surface area contributed by atoms with E-state index in [9.17, 15) is 13.6 Å². The molecule has 3 rings (SSSR count). The van der Waals surface area contributed by atoms with Gasteiger partial charge in [-0.3, -0.25) is 9.78 Å². The van der Waals surface area contributed by atoms with E-state index in [1.165, 1.54) is 12.3 Å². The summed E-state index contributed by atoms with van der Waals surface area (Å²) in [4.78, 5) is 19.2. The van der Waals surface area contributed by atoms with Crippen molar-refractivity contribution < 1.29 is 13.6 Å². The summed E-state index contributed by atoms with van der Waals surface area (Å²) in [6.45, 7) is 0. The quantitative estimate of drug-likeness (QED) is 0.486. The van der Waals surface area contributed by atoms with Crippen LogP contribution in [-0.4, -0.2) is 17.0 Å². The maximum absolute atomic E-state index is 13.1. The smallest absolute Gasteiger partial charge is 0.266 e. The van der Waals surface area contributed by atoms with Crippen LogP contribution in [0.1, 0.15) is 33.6 Å². The Bertz CT molecular complexity index is 853. The molecular weight excluding hydrogens is 322 g/mol. The van der Waals surface area contributed by atoms with Crippen LogP contribution in [0.15, 0.2) is 77.9 Å². The highest BCUT2D eigenvalue weighted by Gasteiger charge is 2.15. The highest BCUT2D eigenvalue weighted by molar-refractivity contribution is 6.13. The lowest BCUT2D eigenvalue weighted by molar-refractivity contribution is 0.110. The highest BCUT2D eigenvalue weighted by atomic mass is 19.3. The number of carbonyl (C=O) groups is 1. The number of aromatic nitrogens is 1. The van der Waals surface area contributed by atoms with Gasteiger partial charge in [0.25, 0.3) is 6.43 Å². The molecule has 0 spiro atoms. The molecule has 25 heavy (non-hydrogen) atoms. The van der Waals surface area contributed by atoms with Gasteiger partial charge in [0.05, 0.1) is 17.6 Å². The van der Waals surface area contributed by atoms with Gasteiger partial charge in [0.2, 0.25) is 0 Å². The van der Waals surface area contributed by atoms with Crippen molar-refractivity contribution in [3.05, 3.63) is 95.3 Å². The molecule has 0 saturated heterocycles. The summed E-state index contributed by atoms with van der Waals surface area (Å²) in [5, 5.41) is 0. The van der Waals surface area contributed by atoms with Gasteiger partial charge in [-0.15, -0.1) is 0 Å². The van der Waals surface area contributed by atoms with Crippen molar-refractivity contribution in [2.45, 2.75) is 6.43 Å². The number of hydrogen-bond acceptors (Lipinski definition) is 3. The molecule has 124 valence electrons. The van der Waals surface area contributed by atoms with Crippen LogP contribution in [0.5, 0.6) is 0 Å². The second kappa shape index (κ2) is 7.57. The Morgan fingerprint density at radius 1 is 0.960 bits per heavy atom. The van der Waals surface area contributed by atoms with Crippen LogP contribution in [0.3, 0.4) is 0 Å². The van der Waals surface area contributed by atoms with Crippen LogP contribution in [0.25, 0.3) is 0 Å². The molecule has 0 aliphatic heterocycles. The number of hydrogen-bond donors (Lipinski definition) is 0. The molecule has 0 aliphatic rings. The van der Waals surface area contributed by atoms with Crippen LogP contribution < -0.4 is 0 Å². The Labute approximate surface area is 143 Å². The Morgan fingerprint density at radius 3 is 2.00 bits per heavy atom. The molecule has 0 bridgehead atoms. The van der Waals surface area contributed by atoms with Crippen molar-refractivity contribution >= 4 is 17.7 Å². The van der Waals surface area contributed by atoms with E-state index in [4.69, 9.17) is 0 Å². The summed E-state index contributed by atoms with van der Waals surface area (Å²) >= 11 is 0. The predicted octanol–water partition coefficient (Wildman–Crippen LogP) is 5.00. The van der Waals surface area contributed by atoms with Crippen molar-refractivity contribution in [3.63, 3.8) is 0 Å². The Morgan fingerprint density at radius 2 is 1.52 bits per heavy atom. The maximum Gasteiger partial charge on any atom is 0.266 e. The number of rotatable bonds is 5. The van der Waals surface area contributed by atoms with Crippen LogP contribution in [0, 0.1) is 0 Å². The molecule has 1 aromatic heterocycles. The van der Waals surface area contributed by atoms with Gasteiger partial charge < -0.3 is 0 Å². The predicted molar refractivity (Wildman–Crippen MR) is 92.8 cm³/mol. The molecule has 0 fully saturated rings. The molecular formula is C20H14F2N2O. The first-order valence-corrected chi connectivity index (χ1v) is 7.62. The molecule has 2 aromatic carbocycles. The summed E-state index contributed by atoms with van der Waals surface area (Å²) in [5.41, 5.74) is 1.93. The van der Waals surface area contributed by atoms with E-state index in [0.717, 1.165) is 11.1 Å². The van der Waals surface area contributed by atoms with Crippen LogP contribution in [0.4, 0.5) is 14.5 Å². The standard InChI is InChI=1S/C20H14F2N2O/c21-20(22)17-11-16(12-23-18(17)13-25)24-19(14-7-3-1-4-8-14)15-9-5-2-6-10-15/h1-13,20H. The zero-order chi connectivity index (χ0) is 17.6. The minimum absolute atomic E-state index is 0.267. The number of benzene rings is 2. The zero-order valence-electron chi connectivity index (χ0n) is 13.1. The Balaban J connectivity index is 2.14. The first-order valence-electron chi connectivity index (χ1n) is 7.62. The first kappa shape index (κ1) is 16.6. The van der Waals surface area contributed by atoms with E-state index in [0.29, 0.717) is 12.0 Å². The average molecular weight is 336 g/mol. The summed E-state index contributed by atoms with van der Waals surface area (Å²) in [5.74, 6) is 0. The first-order chi connectivity index (χ1) is 12.2. The zero-order valence-corrected chi connectivity index (χ0v) is 13.1. The van der Waals surface area contributed by atoms with Gasteiger partial charge in [0.15, 0.2) is 6.29 Å². The van der Waals surface area contributed by atoms with Gasteiger partial charge in [-0.05, 0) is 6.07 Å². The molecule has 0 amide bonds. The largest absolute Gasteiger partial charge is 0.296 e. The molecule has 0 unspecified atom stereocenters. The Kier molecular flexibility index (Phi) is 5.04. The molecule has 0 aliphatic carbocycles. The van der Waals surface area contributed by atoms with E-state index in [1.807, 2.05) is 60.7 Å². The summed E-state index contributed by atoms with van der Waals surface area (Å²) in [6.07, 6.45) is -1.15. The van der Waals surface area contributed by atoms with Crippen molar-refractivity contribution in [2.75, 3.05) is 0 Å². The molecule has 3 nitrogen and oxygen atoms in total. The third-order valence-electron chi connectivity index (χ3n) is 3.62. The fraction of sp³-hybridized carbons (Fsp3) is 0.0500. The summed E-state index contributed by atoms with van der Waals surface area (Å²) < 4.78 is 26.3. The van der Waals surface area contributed by atoms with E-state index in [2.05, 4.69) is 9.98 Å². The van der Waals surface area contributed by atoms with Gasteiger partial charge in [0, 0.05) is 16.7 Å². The topological polar surface area (TPSA) is 42.3 Å². The average Bonchev–Trinajstić information content (AvgIpc) is 2.67. The van der Waals surface area contributed by atoms with Crippen molar-refractivity contribution in [3.8, 4) is 0 Å². The normalized spacial score (nSPS) is 10.5. The second-order valence-electron chi connectivity index (χ2n) is 5.28. The van der Waals surface area contributed by atoms with E-state index >= 15 is 0 Å². The lowest BCUT2D eigenvalue weighted by Crippen LogP contribution is -2.03. The lowest BCUT2D eigenvalue weighted by Gasteiger charge is -2.09. The number of pyridine rings is 1. The number of halogens is 2. The minimum Gasteiger partial charge on any atom is -0.296 e. The minimum atomic E-state index is -2.79. The van der Waals surface area contributed by atoms with Crippen molar-refractivity contribution in [1.82, 2.24) is 4.98 Å². The van der Waals surface area contributed by atoms with Gasteiger partial charge in [-0.1, -0.05) is 60.7 Å². The molecule has 5 heteroatoms. The molecule has 0 atom stereocenters. The van der Waals surface area contributed by atoms with Crippen LogP contribution in [-0.2, 0) is 0 Å². The van der Waals surface area contributed by atoms with Gasteiger partial charge in [0.1, 0.15) is 5.69 Å². The number of carbonyl (C=O) groups excluding carboxylic acids is 1. The fourth-order valence-corrected chi connectivity index (χ4v) is 2.43. The van der Waals surface area contributed by atoms with Crippen molar-refractivity contribution in [2.24, 2.45) is 4.99 Å². The maximum atomic E-state index is 13.1. The number of aliphatic imine (C=N–C) groups is 1. The fourth-order valence-electron chi connectivity index (χ4n) is 2.43. The van der Waals surface area contributed by atoms with Gasteiger partial charge >= 0.3 is 0 Å². The lowest BCUT2D eigenvalue weighted by atomic mass is 10.0. The van der Waals surface area contributed by atoms with Gasteiger partial charge in [-0.2, -0.15) is 0 Å². The SMILES string of the molecule is O=Cc1ncc(N=C(c2ccccc2)c2ccccc2)cc1C(F)F. The van der Waals surface area contributed by atoms with E-state index < -0.39 is 12.0 Å². The number of nitrogens with zero attached hydrogens (tertiary/aromatic N) is 2. The second-order valence-corrected chi connectivity index (χ2v) is 5.28. The molecule has 0 N–H and O–H groups in total.